The van der Waals surface area contributed by atoms with Gasteiger partial charge in [-0.2, -0.15) is 14.0 Å². The number of nitriles is 1. The second-order valence-corrected chi connectivity index (χ2v) is 5.41. The zero-order valence-corrected chi connectivity index (χ0v) is 12.2. The van der Waals surface area contributed by atoms with Crippen molar-refractivity contribution in [2.75, 3.05) is 5.32 Å². The van der Waals surface area contributed by atoms with Crippen LogP contribution in [0.5, 0.6) is 0 Å². The molecule has 1 heterocycles. The first-order chi connectivity index (χ1) is 10.1. The minimum absolute atomic E-state index is 0.153. The molecule has 3 nitrogen and oxygen atoms in total. The van der Waals surface area contributed by atoms with Crippen LogP contribution in [0.15, 0.2) is 34.7 Å². The van der Waals surface area contributed by atoms with Crippen LogP contribution in [-0.2, 0) is 12.3 Å². The van der Waals surface area contributed by atoms with Crippen molar-refractivity contribution in [3.05, 3.63) is 53.0 Å². The van der Waals surface area contributed by atoms with E-state index in [9.17, 15) is 8.78 Å². The maximum absolute atomic E-state index is 12.1. The molecule has 2 rings (SSSR count). The molecule has 0 aliphatic carbocycles. The Morgan fingerprint density at radius 3 is 2.76 bits per heavy atom. The summed E-state index contributed by atoms with van der Waals surface area (Å²) in [7, 11) is 0. The summed E-state index contributed by atoms with van der Waals surface area (Å²) in [6.07, 6.45) is 0. The number of halogens is 2. The Morgan fingerprint density at radius 2 is 2.05 bits per heavy atom. The van der Waals surface area contributed by atoms with Crippen LogP contribution >= 0.6 is 11.8 Å². The summed E-state index contributed by atoms with van der Waals surface area (Å²) in [4.78, 5) is 0. The van der Waals surface area contributed by atoms with Gasteiger partial charge in [-0.3, -0.25) is 0 Å². The van der Waals surface area contributed by atoms with Crippen molar-refractivity contribution in [3.8, 4) is 6.07 Å². The highest BCUT2D eigenvalue weighted by atomic mass is 32.2. The zero-order chi connectivity index (χ0) is 15.2. The van der Waals surface area contributed by atoms with Gasteiger partial charge >= 0.3 is 0 Å². The average Bonchev–Trinajstić information content (AvgIpc) is 2.92. The molecule has 1 aromatic carbocycles. The van der Waals surface area contributed by atoms with Gasteiger partial charge in [0.15, 0.2) is 0 Å². The fraction of sp³-hybridized carbons (Fsp3) is 0.267. The van der Waals surface area contributed by atoms with E-state index in [4.69, 9.17) is 9.68 Å². The highest BCUT2D eigenvalue weighted by molar-refractivity contribution is 7.98. The van der Waals surface area contributed by atoms with E-state index in [0.29, 0.717) is 35.4 Å². The molecule has 6 heteroatoms. The van der Waals surface area contributed by atoms with E-state index in [-0.39, 0.29) is 5.75 Å². The van der Waals surface area contributed by atoms with E-state index in [2.05, 4.69) is 11.4 Å². The van der Waals surface area contributed by atoms with E-state index in [0.717, 1.165) is 11.3 Å². The van der Waals surface area contributed by atoms with Crippen LogP contribution in [0.1, 0.15) is 22.6 Å². The molecule has 0 aliphatic heterocycles. The SMILES string of the molecule is Cc1ccc(C#N)cc1NCc1ccc(CSC(F)F)o1. The van der Waals surface area contributed by atoms with Gasteiger partial charge < -0.3 is 9.73 Å². The van der Waals surface area contributed by atoms with E-state index in [1.807, 2.05) is 13.0 Å². The first kappa shape index (κ1) is 15.4. The highest BCUT2D eigenvalue weighted by Gasteiger charge is 2.08. The highest BCUT2D eigenvalue weighted by Crippen LogP contribution is 2.22. The van der Waals surface area contributed by atoms with Crippen LogP contribution in [0.3, 0.4) is 0 Å². The summed E-state index contributed by atoms with van der Waals surface area (Å²) in [5.41, 5.74) is 2.46. The predicted octanol–water partition coefficient (Wildman–Crippen LogP) is 4.53. The number of hydrogen-bond donors (Lipinski definition) is 1. The lowest BCUT2D eigenvalue weighted by Crippen LogP contribution is -2.00. The number of rotatable bonds is 6. The normalized spacial score (nSPS) is 10.6. The number of aryl methyl sites for hydroxylation is 1. The van der Waals surface area contributed by atoms with E-state index in [1.165, 1.54) is 0 Å². The quantitative estimate of drug-likeness (QED) is 0.852. The molecule has 0 saturated carbocycles. The van der Waals surface area contributed by atoms with Crippen LogP contribution in [0.4, 0.5) is 14.5 Å². The molecule has 1 N–H and O–H groups in total. The zero-order valence-electron chi connectivity index (χ0n) is 11.4. The van der Waals surface area contributed by atoms with Gasteiger partial charge in [-0.25, -0.2) is 0 Å². The molecular formula is C15H14F2N2OS. The topological polar surface area (TPSA) is 49.0 Å². The predicted molar refractivity (Wildman–Crippen MR) is 79.2 cm³/mol. The van der Waals surface area contributed by atoms with Gasteiger partial charge in [0.1, 0.15) is 11.5 Å². The van der Waals surface area contributed by atoms with Gasteiger partial charge in [0.05, 0.1) is 23.9 Å². The summed E-state index contributed by atoms with van der Waals surface area (Å²) in [6.45, 7) is 2.38. The van der Waals surface area contributed by atoms with Crippen molar-refractivity contribution in [1.29, 1.82) is 5.26 Å². The summed E-state index contributed by atoms with van der Waals surface area (Å²) in [5.74, 6) is -1.05. The van der Waals surface area contributed by atoms with E-state index < -0.39 is 5.76 Å². The third kappa shape index (κ3) is 4.50. The fourth-order valence-corrected chi connectivity index (χ4v) is 2.25. The first-order valence-corrected chi connectivity index (χ1v) is 7.35. The Labute approximate surface area is 126 Å². The molecule has 0 aliphatic rings. The summed E-state index contributed by atoms with van der Waals surface area (Å²) in [6, 6.07) is 10.9. The molecule has 0 amide bonds. The largest absolute Gasteiger partial charge is 0.463 e. The van der Waals surface area contributed by atoms with Gasteiger partial charge in [-0.15, -0.1) is 0 Å². The second-order valence-electron chi connectivity index (χ2n) is 4.43. The molecule has 1 aromatic heterocycles. The summed E-state index contributed by atoms with van der Waals surface area (Å²) < 4.78 is 29.7. The monoisotopic (exact) mass is 308 g/mol. The molecular weight excluding hydrogens is 294 g/mol. The smallest absolute Gasteiger partial charge is 0.284 e. The van der Waals surface area contributed by atoms with E-state index in [1.54, 1.807) is 24.3 Å². The van der Waals surface area contributed by atoms with Crippen LogP contribution in [0.25, 0.3) is 0 Å². The first-order valence-electron chi connectivity index (χ1n) is 6.30. The number of thioether (sulfide) groups is 1. The van der Waals surface area contributed by atoms with Gasteiger partial charge in [0.25, 0.3) is 5.76 Å². The Hall–Kier alpha value is -2.00. The number of furan rings is 1. The Bertz CT molecular complexity index is 649. The number of hydrogen-bond acceptors (Lipinski definition) is 4. The summed E-state index contributed by atoms with van der Waals surface area (Å²) >= 11 is 0.536. The Balaban J connectivity index is 1.96. The minimum Gasteiger partial charge on any atom is -0.463 e. The number of benzene rings is 1. The maximum Gasteiger partial charge on any atom is 0.284 e. The van der Waals surface area contributed by atoms with Crippen molar-refractivity contribution in [3.63, 3.8) is 0 Å². The molecule has 0 fully saturated rings. The lowest BCUT2D eigenvalue weighted by Gasteiger charge is -2.08. The third-order valence-corrected chi connectivity index (χ3v) is 3.59. The van der Waals surface area contributed by atoms with Gasteiger partial charge in [-0.1, -0.05) is 17.8 Å². The van der Waals surface area contributed by atoms with Crippen LogP contribution < -0.4 is 5.32 Å². The molecule has 2 aromatic rings. The third-order valence-electron chi connectivity index (χ3n) is 2.89. The average molecular weight is 308 g/mol. The molecule has 0 bridgehead atoms. The van der Waals surface area contributed by atoms with Gasteiger partial charge in [0, 0.05) is 5.69 Å². The van der Waals surface area contributed by atoms with Crippen molar-refractivity contribution in [1.82, 2.24) is 0 Å². The molecule has 0 radical (unpaired) electrons. The lowest BCUT2D eigenvalue weighted by molar-refractivity contribution is 0.251. The Morgan fingerprint density at radius 1 is 1.29 bits per heavy atom. The molecule has 0 unspecified atom stereocenters. The minimum atomic E-state index is -2.40. The molecule has 0 spiro atoms. The van der Waals surface area contributed by atoms with Gasteiger partial charge in [0.2, 0.25) is 0 Å². The molecule has 0 saturated heterocycles. The van der Waals surface area contributed by atoms with Crippen LogP contribution in [-0.4, -0.2) is 5.76 Å². The van der Waals surface area contributed by atoms with Gasteiger partial charge in [-0.05, 0) is 36.8 Å². The maximum atomic E-state index is 12.1. The Kier molecular flexibility index (Phi) is 5.23. The van der Waals surface area contributed by atoms with Crippen LogP contribution in [0.2, 0.25) is 0 Å². The fourth-order valence-electron chi connectivity index (χ4n) is 1.80. The molecule has 21 heavy (non-hydrogen) atoms. The van der Waals surface area contributed by atoms with Crippen molar-refractivity contribution in [2.24, 2.45) is 0 Å². The van der Waals surface area contributed by atoms with Crippen molar-refractivity contribution >= 4 is 17.4 Å². The number of nitrogens with one attached hydrogen (secondary N) is 1. The number of nitrogens with zero attached hydrogens (tertiary/aromatic N) is 1. The number of alkyl halides is 2. The second kappa shape index (κ2) is 7.14. The lowest BCUT2D eigenvalue weighted by atomic mass is 10.1. The standard InChI is InChI=1S/C15H14F2N2OS/c1-10-2-3-11(7-18)6-14(10)19-8-12-4-5-13(20-12)9-21-15(16)17/h2-6,15,19H,8-9H2,1H3. The van der Waals surface area contributed by atoms with Crippen molar-refractivity contribution in [2.45, 2.75) is 25.0 Å². The number of anilines is 1. The van der Waals surface area contributed by atoms with Crippen molar-refractivity contribution < 1.29 is 13.2 Å². The molecule has 110 valence electrons. The molecule has 0 atom stereocenters. The van der Waals surface area contributed by atoms with E-state index >= 15 is 0 Å². The summed E-state index contributed by atoms with van der Waals surface area (Å²) in [5, 5.41) is 12.1. The van der Waals surface area contributed by atoms with Crippen LogP contribution in [0, 0.1) is 18.3 Å².